The summed E-state index contributed by atoms with van der Waals surface area (Å²) in [5, 5.41) is 0. The van der Waals surface area contributed by atoms with E-state index in [1.54, 1.807) is 0 Å². The molecule has 0 fully saturated rings. The average Bonchev–Trinajstić information content (AvgIpc) is 2.32. The fourth-order valence-corrected chi connectivity index (χ4v) is 1.42. The quantitative estimate of drug-likeness (QED) is 0.852. The number of anilines is 1. The van der Waals surface area contributed by atoms with Crippen LogP contribution in [-0.4, -0.2) is 0 Å². The Kier molecular flexibility index (Phi) is 3.41. The van der Waals surface area contributed by atoms with Gasteiger partial charge in [0.15, 0.2) is 11.6 Å². The number of benzene rings is 2. The van der Waals surface area contributed by atoms with Crippen molar-refractivity contribution in [3.05, 3.63) is 59.4 Å². The molecule has 0 spiro atoms. The Morgan fingerprint density at radius 2 is 1.72 bits per heavy atom. The zero-order chi connectivity index (χ0) is 13.1. The molecule has 0 unspecified atom stereocenters. The van der Waals surface area contributed by atoms with Gasteiger partial charge in [0, 0.05) is 17.3 Å². The molecular formula is C13H10F3NO. The summed E-state index contributed by atoms with van der Waals surface area (Å²) >= 11 is 0. The second-order valence-electron chi connectivity index (χ2n) is 3.71. The van der Waals surface area contributed by atoms with Crippen LogP contribution in [0, 0.1) is 17.5 Å². The molecule has 5 heteroatoms. The molecule has 0 aliphatic carbocycles. The lowest BCUT2D eigenvalue weighted by atomic mass is 10.2. The van der Waals surface area contributed by atoms with Gasteiger partial charge in [-0.1, -0.05) is 6.07 Å². The van der Waals surface area contributed by atoms with E-state index in [2.05, 4.69) is 0 Å². The summed E-state index contributed by atoms with van der Waals surface area (Å²) in [4.78, 5) is 0. The van der Waals surface area contributed by atoms with E-state index in [1.165, 1.54) is 12.1 Å². The normalized spacial score (nSPS) is 10.4. The van der Waals surface area contributed by atoms with Crippen molar-refractivity contribution < 1.29 is 17.9 Å². The molecule has 0 aromatic heterocycles. The number of nitrogen functional groups attached to an aromatic ring is 1. The summed E-state index contributed by atoms with van der Waals surface area (Å²) in [6.45, 7) is -0.202. The van der Waals surface area contributed by atoms with E-state index in [4.69, 9.17) is 10.5 Å². The molecule has 18 heavy (non-hydrogen) atoms. The Hall–Kier alpha value is -2.17. The first kappa shape index (κ1) is 12.3. The zero-order valence-electron chi connectivity index (χ0n) is 9.29. The van der Waals surface area contributed by atoms with Crippen LogP contribution in [0.15, 0.2) is 36.4 Å². The summed E-state index contributed by atoms with van der Waals surface area (Å²) in [5.41, 5.74) is 5.89. The molecule has 0 aliphatic rings. The first-order valence-corrected chi connectivity index (χ1v) is 5.18. The minimum atomic E-state index is -0.702. The van der Waals surface area contributed by atoms with Crippen LogP contribution in [0.25, 0.3) is 0 Å². The highest BCUT2D eigenvalue weighted by atomic mass is 19.1. The van der Waals surface area contributed by atoms with Crippen LogP contribution in [0.5, 0.6) is 5.75 Å². The van der Waals surface area contributed by atoms with E-state index in [1.807, 2.05) is 0 Å². The number of rotatable bonds is 3. The van der Waals surface area contributed by atoms with Crippen molar-refractivity contribution in [2.75, 3.05) is 5.73 Å². The average molecular weight is 253 g/mol. The smallest absolute Gasteiger partial charge is 0.165 e. The van der Waals surface area contributed by atoms with Crippen LogP contribution in [0.3, 0.4) is 0 Å². The van der Waals surface area contributed by atoms with Crippen LogP contribution in [0.4, 0.5) is 18.9 Å². The Labute approximate surface area is 102 Å². The second-order valence-corrected chi connectivity index (χ2v) is 3.71. The monoisotopic (exact) mass is 253 g/mol. The van der Waals surface area contributed by atoms with Crippen LogP contribution >= 0.6 is 0 Å². The third-order valence-corrected chi connectivity index (χ3v) is 2.35. The van der Waals surface area contributed by atoms with Crippen LogP contribution < -0.4 is 10.5 Å². The van der Waals surface area contributed by atoms with Crippen molar-refractivity contribution in [2.24, 2.45) is 0 Å². The minimum absolute atomic E-state index is 0.202. The number of hydrogen-bond acceptors (Lipinski definition) is 2. The molecule has 94 valence electrons. The fraction of sp³-hybridized carbons (Fsp3) is 0.0769. The van der Waals surface area contributed by atoms with Gasteiger partial charge in [-0.05, 0) is 24.3 Å². The van der Waals surface area contributed by atoms with Gasteiger partial charge in [0.1, 0.15) is 18.2 Å². The molecule has 0 saturated heterocycles. The number of ether oxygens (including phenoxy) is 1. The third-order valence-electron chi connectivity index (χ3n) is 2.35. The van der Waals surface area contributed by atoms with Crippen molar-refractivity contribution in [1.82, 2.24) is 0 Å². The van der Waals surface area contributed by atoms with Crippen molar-refractivity contribution in [1.29, 1.82) is 0 Å². The molecule has 0 heterocycles. The Bertz CT molecular complexity index is 572. The number of hydrogen-bond donors (Lipinski definition) is 1. The highest BCUT2D eigenvalue weighted by Crippen LogP contribution is 2.20. The van der Waals surface area contributed by atoms with Crippen molar-refractivity contribution in [3.63, 3.8) is 0 Å². The molecule has 0 amide bonds. The maximum absolute atomic E-state index is 13.4. The SMILES string of the molecule is Nc1ccc(COc2cc(F)ccc2F)c(F)c1. The molecule has 0 atom stereocenters. The molecule has 2 nitrogen and oxygen atoms in total. The van der Waals surface area contributed by atoms with Gasteiger partial charge in [0.25, 0.3) is 0 Å². The molecule has 0 aliphatic heterocycles. The Morgan fingerprint density at radius 1 is 0.944 bits per heavy atom. The molecule has 0 radical (unpaired) electrons. The van der Waals surface area contributed by atoms with Crippen molar-refractivity contribution >= 4 is 5.69 Å². The summed E-state index contributed by atoms with van der Waals surface area (Å²) in [6.07, 6.45) is 0. The van der Waals surface area contributed by atoms with Crippen LogP contribution in [-0.2, 0) is 6.61 Å². The summed E-state index contributed by atoms with van der Waals surface area (Å²) in [6, 6.07) is 6.91. The van der Waals surface area contributed by atoms with Gasteiger partial charge in [0.2, 0.25) is 0 Å². The van der Waals surface area contributed by atoms with Gasteiger partial charge in [-0.3, -0.25) is 0 Å². The Balaban J connectivity index is 2.13. The summed E-state index contributed by atoms with van der Waals surface area (Å²) in [5.74, 6) is -2.13. The summed E-state index contributed by atoms with van der Waals surface area (Å²) < 4.78 is 44.5. The third kappa shape index (κ3) is 2.74. The predicted molar refractivity (Wildman–Crippen MR) is 61.5 cm³/mol. The first-order chi connectivity index (χ1) is 8.56. The van der Waals surface area contributed by atoms with E-state index >= 15 is 0 Å². The standard InChI is InChI=1S/C13H10F3NO/c14-9-2-4-11(15)13(5-9)18-7-8-1-3-10(17)6-12(8)16/h1-6H,7,17H2. The number of halogens is 3. The van der Waals surface area contributed by atoms with Crippen LogP contribution in [0.1, 0.15) is 5.56 Å². The molecule has 2 N–H and O–H groups in total. The fourth-order valence-electron chi connectivity index (χ4n) is 1.42. The largest absolute Gasteiger partial charge is 0.486 e. The molecular weight excluding hydrogens is 243 g/mol. The van der Waals surface area contributed by atoms with Crippen molar-refractivity contribution in [2.45, 2.75) is 6.61 Å². The highest BCUT2D eigenvalue weighted by Gasteiger charge is 2.07. The van der Waals surface area contributed by atoms with E-state index in [9.17, 15) is 13.2 Å². The van der Waals surface area contributed by atoms with Gasteiger partial charge in [-0.25, -0.2) is 13.2 Å². The molecule has 0 bridgehead atoms. The van der Waals surface area contributed by atoms with Gasteiger partial charge < -0.3 is 10.5 Å². The van der Waals surface area contributed by atoms with Gasteiger partial charge in [-0.15, -0.1) is 0 Å². The highest BCUT2D eigenvalue weighted by molar-refractivity contribution is 5.40. The maximum Gasteiger partial charge on any atom is 0.165 e. The summed E-state index contributed by atoms with van der Waals surface area (Å²) in [7, 11) is 0. The van der Waals surface area contributed by atoms with E-state index in [0.29, 0.717) is 0 Å². The molecule has 0 saturated carbocycles. The molecule has 2 rings (SSSR count). The van der Waals surface area contributed by atoms with Crippen LogP contribution in [0.2, 0.25) is 0 Å². The lowest BCUT2D eigenvalue weighted by Crippen LogP contribution is -2.01. The minimum Gasteiger partial charge on any atom is -0.486 e. The molecule has 2 aromatic rings. The van der Waals surface area contributed by atoms with Gasteiger partial charge in [-0.2, -0.15) is 0 Å². The van der Waals surface area contributed by atoms with Gasteiger partial charge >= 0.3 is 0 Å². The zero-order valence-corrected chi connectivity index (χ0v) is 9.29. The number of nitrogens with two attached hydrogens (primary N) is 1. The van der Waals surface area contributed by atoms with Crippen molar-refractivity contribution in [3.8, 4) is 5.75 Å². The lowest BCUT2D eigenvalue weighted by Gasteiger charge is -2.08. The van der Waals surface area contributed by atoms with E-state index < -0.39 is 17.5 Å². The molecule has 2 aromatic carbocycles. The predicted octanol–water partition coefficient (Wildman–Crippen LogP) is 3.27. The Morgan fingerprint density at radius 3 is 2.44 bits per heavy atom. The topological polar surface area (TPSA) is 35.2 Å². The van der Waals surface area contributed by atoms with E-state index in [0.717, 1.165) is 24.3 Å². The first-order valence-electron chi connectivity index (χ1n) is 5.18. The second kappa shape index (κ2) is 5.00. The lowest BCUT2D eigenvalue weighted by molar-refractivity contribution is 0.283. The maximum atomic E-state index is 13.4. The van der Waals surface area contributed by atoms with E-state index in [-0.39, 0.29) is 23.6 Å². The van der Waals surface area contributed by atoms with Gasteiger partial charge in [0.05, 0.1) is 0 Å².